The van der Waals surface area contributed by atoms with Crippen molar-refractivity contribution in [3.8, 4) is 0 Å². The van der Waals surface area contributed by atoms with Crippen molar-refractivity contribution in [3.05, 3.63) is 29.3 Å². The molecule has 1 fully saturated rings. The van der Waals surface area contributed by atoms with Gasteiger partial charge in [0, 0.05) is 45.0 Å². The molecule has 0 amide bonds. The molecule has 0 N–H and O–H groups in total. The van der Waals surface area contributed by atoms with Crippen molar-refractivity contribution in [2.45, 2.75) is 13.0 Å². The van der Waals surface area contributed by atoms with Crippen LogP contribution in [0.1, 0.15) is 11.1 Å². The van der Waals surface area contributed by atoms with Crippen molar-refractivity contribution >= 4 is 5.69 Å². The van der Waals surface area contributed by atoms with Gasteiger partial charge in [-0.15, -0.1) is 0 Å². The van der Waals surface area contributed by atoms with E-state index in [1.807, 2.05) is 0 Å². The summed E-state index contributed by atoms with van der Waals surface area (Å²) in [6.45, 7) is 6.97. The second-order valence-corrected chi connectivity index (χ2v) is 5.73. The maximum atomic E-state index is 2.52. The normalized spacial score (nSPS) is 22.0. The fourth-order valence-corrected chi connectivity index (χ4v) is 2.95. The summed E-state index contributed by atoms with van der Waals surface area (Å²) in [7, 11) is 4.42. The van der Waals surface area contributed by atoms with Crippen LogP contribution in [0.25, 0.3) is 0 Å². The number of fused-ring (bicyclic) bond motifs is 1. The van der Waals surface area contributed by atoms with E-state index in [1.54, 1.807) is 5.56 Å². The fraction of sp³-hybridized carbons (Fsp3) is 0.600. The molecule has 0 saturated carbocycles. The zero-order valence-corrected chi connectivity index (χ0v) is 11.5. The van der Waals surface area contributed by atoms with Gasteiger partial charge in [0.1, 0.15) is 0 Å². The lowest BCUT2D eigenvalue weighted by Gasteiger charge is -2.35. The molecule has 0 aliphatic carbocycles. The average molecular weight is 245 g/mol. The molecule has 0 spiro atoms. The molecule has 1 aromatic carbocycles. The summed E-state index contributed by atoms with van der Waals surface area (Å²) in [5, 5.41) is 0. The highest BCUT2D eigenvalue weighted by atomic mass is 15.2. The van der Waals surface area contributed by atoms with E-state index in [4.69, 9.17) is 0 Å². The molecule has 98 valence electrons. The SMILES string of the molecule is CN1CCN(c2ccc3c(c2)CN(C)CC3)CC1. The Kier molecular flexibility index (Phi) is 3.27. The summed E-state index contributed by atoms with van der Waals surface area (Å²) in [6, 6.07) is 7.07. The lowest BCUT2D eigenvalue weighted by atomic mass is 9.99. The Bertz CT molecular complexity index is 422. The third-order valence-corrected chi connectivity index (χ3v) is 4.26. The Morgan fingerprint density at radius 3 is 2.39 bits per heavy atom. The summed E-state index contributed by atoms with van der Waals surface area (Å²) in [4.78, 5) is 7.34. The minimum absolute atomic E-state index is 1.11. The second kappa shape index (κ2) is 4.90. The number of nitrogens with zero attached hydrogens (tertiary/aromatic N) is 3. The number of hydrogen-bond acceptors (Lipinski definition) is 3. The maximum Gasteiger partial charge on any atom is 0.0370 e. The summed E-state index contributed by atoms with van der Waals surface area (Å²) in [6.07, 6.45) is 1.20. The van der Waals surface area contributed by atoms with E-state index < -0.39 is 0 Å². The van der Waals surface area contributed by atoms with Crippen LogP contribution >= 0.6 is 0 Å². The topological polar surface area (TPSA) is 9.72 Å². The number of hydrogen-bond donors (Lipinski definition) is 0. The minimum atomic E-state index is 1.11. The van der Waals surface area contributed by atoms with Crippen LogP contribution in [0, 0.1) is 0 Å². The van der Waals surface area contributed by atoms with Crippen LogP contribution in [0.2, 0.25) is 0 Å². The van der Waals surface area contributed by atoms with Crippen LogP contribution in [0.15, 0.2) is 18.2 Å². The zero-order valence-electron chi connectivity index (χ0n) is 11.5. The Morgan fingerprint density at radius 1 is 0.833 bits per heavy atom. The average Bonchev–Trinajstić information content (AvgIpc) is 2.38. The molecule has 2 aliphatic rings. The van der Waals surface area contributed by atoms with Gasteiger partial charge in [-0.1, -0.05) is 6.07 Å². The van der Waals surface area contributed by atoms with Gasteiger partial charge in [-0.2, -0.15) is 0 Å². The quantitative estimate of drug-likeness (QED) is 0.741. The fourth-order valence-electron chi connectivity index (χ4n) is 2.95. The number of anilines is 1. The van der Waals surface area contributed by atoms with Gasteiger partial charge in [-0.25, -0.2) is 0 Å². The van der Waals surface area contributed by atoms with Gasteiger partial charge in [0.15, 0.2) is 0 Å². The maximum absolute atomic E-state index is 2.52. The Balaban J connectivity index is 1.79. The van der Waals surface area contributed by atoms with Gasteiger partial charge in [0.25, 0.3) is 0 Å². The molecule has 0 atom stereocenters. The molecular formula is C15H23N3. The van der Waals surface area contributed by atoms with E-state index in [0.29, 0.717) is 0 Å². The van der Waals surface area contributed by atoms with Gasteiger partial charge < -0.3 is 14.7 Å². The lowest BCUT2D eigenvalue weighted by molar-refractivity contribution is 0.310. The van der Waals surface area contributed by atoms with Crippen molar-refractivity contribution in [2.75, 3.05) is 51.7 Å². The Morgan fingerprint density at radius 2 is 1.61 bits per heavy atom. The molecule has 1 aromatic rings. The third-order valence-electron chi connectivity index (χ3n) is 4.26. The van der Waals surface area contributed by atoms with E-state index in [9.17, 15) is 0 Å². The molecule has 3 rings (SSSR count). The molecule has 0 aromatic heterocycles. The van der Waals surface area contributed by atoms with Crippen molar-refractivity contribution < 1.29 is 0 Å². The molecule has 3 heteroatoms. The van der Waals surface area contributed by atoms with E-state index in [-0.39, 0.29) is 0 Å². The largest absolute Gasteiger partial charge is 0.369 e. The van der Waals surface area contributed by atoms with Crippen molar-refractivity contribution in [2.24, 2.45) is 0 Å². The molecule has 2 aliphatic heterocycles. The highest BCUT2D eigenvalue weighted by molar-refractivity contribution is 5.52. The molecule has 0 unspecified atom stereocenters. The second-order valence-electron chi connectivity index (χ2n) is 5.73. The van der Waals surface area contributed by atoms with Crippen molar-refractivity contribution in [1.29, 1.82) is 0 Å². The number of rotatable bonds is 1. The van der Waals surface area contributed by atoms with Gasteiger partial charge in [0.05, 0.1) is 0 Å². The molecule has 0 radical (unpaired) electrons. The van der Waals surface area contributed by atoms with E-state index in [1.165, 1.54) is 37.3 Å². The lowest BCUT2D eigenvalue weighted by Crippen LogP contribution is -2.44. The summed E-state index contributed by atoms with van der Waals surface area (Å²) in [5.74, 6) is 0. The van der Waals surface area contributed by atoms with Gasteiger partial charge in [-0.05, 0) is 43.8 Å². The van der Waals surface area contributed by atoms with Crippen LogP contribution in [0.3, 0.4) is 0 Å². The van der Waals surface area contributed by atoms with E-state index in [2.05, 4.69) is 47.0 Å². The molecule has 0 bridgehead atoms. The molecule has 1 saturated heterocycles. The smallest absolute Gasteiger partial charge is 0.0370 e. The standard InChI is InChI=1S/C15H23N3/c1-16-7-9-18(10-8-16)15-4-3-13-5-6-17(2)12-14(13)11-15/h3-4,11H,5-10,12H2,1-2H3. The summed E-state index contributed by atoms with van der Waals surface area (Å²) >= 11 is 0. The predicted octanol–water partition coefficient (Wildman–Crippen LogP) is 1.43. The molecule has 18 heavy (non-hydrogen) atoms. The first-order valence-electron chi connectivity index (χ1n) is 6.96. The first-order valence-corrected chi connectivity index (χ1v) is 6.96. The molecular weight excluding hydrogens is 222 g/mol. The van der Waals surface area contributed by atoms with Crippen LogP contribution < -0.4 is 4.90 Å². The third kappa shape index (κ3) is 2.38. The first kappa shape index (κ1) is 12.0. The minimum Gasteiger partial charge on any atom is -0.369 e. The Labute approximate surface area is 110 Å². The van der Waals surface area contributed by atoms with E-state index in [0.717, 1.165) is 19.6 Å². The van der Waals surface area contributed by atoms with Crippen LogP contribution in [0.5, 0.6) is 0 Å². The van der Waals surface area contributed by atoms with Crippen LogP contribution in [0.4, 0.5) is 5.69 Å². The zero-order chi connectivity index (χ0) is 12.5. The summed E-state index contributed by atoms with van der Waals surface area (Å²) < 4.78 is 0. The highest BCUT2D eigenvalue weighted by Gasteiger charge is 2.17. The van der Waals surface area contributed by atoms with Gasteiger partial charge in [0.2, 0.25) is 0 Å². The molecule has 3 nitrogen and oxygen atoms in total. The number of benzene rings is 1. The van der Waals surface area contributed by atoms with Gasteiger partial charge in [-0.3, -0.25) is 0 Å². The number of likely N-dealkylation sites (N-methyl/N-ethyl adjacent to an activating group) is 2. The predicted molar refractivity (Wildman–Crippen MR) is 76.2 cm³/mol. The molecule has 2 heterocycles. The van der Waals surface area contributed by atoms with E-state index >= 15 is 0 Å². The monoisotopic (exact) mass is 245 g/mol. The van der Waals surface area contributed by atoms with Gasteiger partial charge >= 0.3 is 0 Å². The number of piperazine rings is 1. The van der Waals surface area contributed by atoms with Crippen LogP contribution in [-0.2, 0) is 13.0 Å². The van der Waals surface area contributed by atoms with Crippen molar-refractivity contribution in [1.82, 2.24) is 9.80 Å². The van der Waals surface area contributed by atoms with Crippen molar-refractivity contribution in [3.63, 3.8) is 0 Å². The highest BCUT2D eigenvalue weighted by Crippen LogP contribution is 2.24. The first-order chi connectivity index (χ1) is 8.72. The summed E-state index contributed by atoms with van der Waals surface area (Å²) in [5.41, 5.74) is 4.49. The Hall–Kier alpha value is -1.06. The van der Waals surface area contributed by atoms with Crippen LogP contribution in [-0.4, -0.2) is 56.6 Å².